The van der Waals surface area contributed by atoms with Crippen molar-refractivity contribution in [2.45, 2.75) is 84.5 Å². The summed E-state index contributed by atoms with van der Waals surface area (Å²) in [6.07, 6.45) is 8.94. The smallest absolute Gasteiger partial charge is 0.246 e. The number of H-pyrrole nitrogens is 2. The third kappa shape index (κ3) is 8.46. The van der Waals surface area contributed by atoms with Crippen molar-refractivity contribution in [2.75, 3.05) is 19.7 Å². The van der Waals surface area contributed by atoms with Gasteiger partial charge in [-0.1, -0.05) is 76.2 Å². The first-order chi connectivity index (χ1) is 29.4. The van der Waals surface area contributed by atoms with Crippen LogP contribution in [-0.4, -0.2) is 99.6 Å². The summed E-state index contributed by atoms with van der Waals surface area (Å²) in [4.78, 5) is 76.6. The fourth-order valence-corrected chi connectivity index (χ4v) is 9.41. The third-order valence-corrected chi connectivity index (χ3v) is 12.6. The van der Waals surface area contributed by atoms with E-state index in [1.54, 1.807) is 22.4 Å². The number of carbonyl (C=O) groups excluding carboxylic acids is 4. The van der Waals surface area contributed by atoms with Gasteiger partial charge in [-0.3, -0.25) is 23.6 Å². The van der Waals surface area contributed by atoms with Crippen LogP contribution in [0, 0.1) is 11.8 Å². The minimum Gasteiger partial charge on any atom is -0.387 e. The first kappa shape index (κ1) is 41.6. The Kier molecular flexibility index (Phi) is 11.9. The van der Waals surface area contributed by atoms with Crippen molar-refractivity contribution in [2.24, 2.45) is 11.8 Å². The highest BCUT2D eigenvalue weighted by Crippen LogP contribution is 2.36. The van der Waals surface area contributed by atoms with Crippen LogP contribution in [-0.2, 0) is 19.2 Å². The summed E-state index contributed by atoms with van der Waals surface area (Å²) in [5.41, 5.74) is 7.56. The van der Waals surface area contributed by atoms with Crippen molar-refractivity contribution in [3.63, 3.8) is 0 Å². The molecule has 2 aromatic carbocycles. The summed E-state index contributed by atoms with van der Waals surface area (Å²) < 4.78 is 2.11. The fraction of sp³-hybridized carbons (Fsp3) is 0.400. The van der Waals surface area contributed by atoms with Gasteiger partial charge in [0.1, 0.15) is 30.3 Å². The molecular formula is C45H52N10O5S. The van der Waals surface area contributed by atoms with Crippen LogP contribution in [0.1, 0.15) is 84.0 Å². The zero-order valence-electron chi connectivity index (χ0n) is 35.0. The number of nitrogens with zero attached hydrogens (tertiary/aromatic N) is 6. The Hall–Kier alpha value is -6.13. The van der Waals surface area contributed by atoms with Crippen molar-refractivity contribution >= 4 is 39.9 Å². The minimum atomic E-state index is -0.726. The molecule has 8 rings (SSSR count). The molecule has 318 valence electrons. The second-order valence-electron chi connectivity index (χ2n) is 16.7. The maximum atomic E-state index is 13.6. The molecule has 0 saturated carbocycles. The van der Waals surface area contributed by atoms with E-state index in [0.29, 0.717) is 18.9 Å². The molecule has 1 unspecified atom stereocenters. The number of aromatic nitrogens is 6. The zero-order valence-corrected chi connectivity index (χ0v) is 35.8. The SMILES string of the molecule is CC(=O)N[C@H](C(=O)N1CCCC1c1ncc(-c2ccc(-c3csc4nc(-c5ccc(-c6cnc([C@@H]7CCCN7C(=O)[C@@H](NC(=O)CO)C(C)C)[nH]6)cc5)cn34)cc2)[nH]1)C(C)C. The molecular weight excluding hydrogens is 793 g/mol. The molecule has 15 nitrogen and oxygen atoms in total. The van der Waals surface area contributed by atoms with Gasteiger partial charge < -0.3 is 35.5 Å². The number of hydrogen-bond acceptors (Lipinski definition) is 9. The Balaban J connectivity index is 0.938. The highest BCUT2D eigenvalue weighted by molar-refractivity contribution is 7.15. The molecule has 6 aromatic rings. The lowest BCUT2D eigenvalue weighted by Gasteiger charge is -2.30. The monoisotopic (exact) mass is 844 g/mol. The third-order valence-electron chi connectivity index (χ3n) is 11.8. The number of likely N-dealkylation sites (tertiary alicyclic amines) is 2. The van der Waals surface area contributed by atoms with Gasteiger partial charge >= 0.3 is 0 Å². The molecule has 2 fully saturated rings. The maximum Gasteiger partial charge on any atom is 0.246 e. The van der Waals surface area contributed by atoms with Gasteiger partial charge in [0, 0.05) is 37.2 Å². The van der Waals surface area contributed by atoms with E-state index >= 15 is 0 Å². The standard InChI is InChI=1S/C45H52N10O5S/c1-25(2)39(48-27(5)57)43(59)53-18-6-8-35(53)41-47-21-33(50-41)29-14-16-31(17-15-29)37-24-61-45-51-34(22-55(37)45)30-12-10-28(11-13-30)32-20-46-42(49-32)36-9-7-19-54(36)44(60)40(26(3)4)52-38(58)23-56/h10-17,20-22,24-26,35-36,39-40,56H,6-9,18-19,23H2,1-5H3,(H,46,49)(H,47,50)(H,48,57)(H,52,58)/t35?,36-,39-,40-/m0/s1. The highest BCUT2D eigenvalue weighted by Gasteiger charge is 2.38. The van der Waals surface area contributed by atoms with E-state index in [2.05, 4.69) is 65.8 Å². The van der Waals surface area contributed by atoms with Crippen LogP contribution in [0.2, 0.25) is 0 Å². The van der Waals surface area contributed by atoms with E-state index in [9.17, 15) is 24.3 Å². The molecule has 4 aromatic heterocycles. The summed E-state index contributed by atoms with van der Waals surface area (Å²) in [5, 5.41) is 16.9. The number of benzene rings is 2. The van der Waals surface area contributed by atoms with Crippen LogP contribution in [0.5, 0.6) is 0 Å². The Bertz CT molecular complexity index is 2530. The molecule has 0 aliphatic carbocycles. The number of aliphatic hydroxyl groups is 1. The number of rotatable bonds is 13. The van der Waals surface area contributed by atoms with Gasteiger partial charge in [0.05, 0.1) is 47.3 Å². The number of hydrogen-bond donors (Lipinski definition) is 5. The van der Waals surface area contributed by atoms with Gasteiger partial charge in [0.2, 0.25) is 23.6 Å². The number of nitrogens with one attached hydrogen (secondary N) is 4. The summed E-state index contributed by atoms with van der Waals surface area (Å²) in [7, 11) is 0. The predicted molar refractivity (Wildman–Crippen MR) is 233 cm³/mol. The van der Waals surface area contributed by atoms with Gasteiger partial charge in [-0.2, -0.15) is 0 Å². The quantitative estimate of drug-likeness (QED) is 0.0916. The number of amides is 4. The van der Waals surface area contributed by atoms with Crippen molar-refractivity contribution in [3.8, 4) is 45.0 Å². The molecule has 0 radical (unpaired) electrons. The summed E-state index contributed by atoms with van der Waals surface area (Å²) in [5.74, 6) is 0.249. The fourth-order valence-electron chi connectivity index (χ4n) is 8.53. The Morgan fingerprint density at radius 3 is 1.74 bits per heavy atom. The van der Waals surface area contributed by atoms with Gasteiger partial charge in [0.15, 0.2) is 4.96 Å². The summed E-state index contributed by atoms with van der Waals surface area (Å²) in [6.45, 7) is 9.61. The van der Waals surface area contributed by atoms with E-state index in [-0.39, 0.29) is 41.6 Å². The molecule has 5 N–H and O–H groups in total. The van der Waals surface area contributed by atoms with E-state index in [4.69, 9.17) is 9.97 Å². The first-order valence-electron chi connectivity index (χ1n) is 21.0. The van der Waals surface area contributed by atoms with Gasteiger partial charge in [-0.25, -0.2) is 15.0 Å². The number of fused-ring (bicyclic) bond motifs is 1. The van der Waals surface area contributed by atoms with Gasteiger partial charge in [-0.15, -0.1) is 11.3 Å². The molecule has 0 bridgehead atoms. The average Bonchev–Trinajstić information content (AvgIpc) is 4.11. The molecule has 2 aliphatic heterocycles. The number of thiazole rings is 1. The molecule has 61 heavy (non-hydrogen) atoms. The lowest BCUT2D eigenvalue weighted by atomic mass is 10.0. The van der Waals surface area contributed by atoms with E-state index in [0.717, 1.165) is 81.5 Å². The van der Waals surface area contributed by atoms with Crippen molar-refractivity contribution in [1.29, 1.82) is 0 Å². The zero-order chi connectivity index (χ0) is 42.9. The average molecular weight is 845 g/mol. The number of aromatic amines is 2. The van der Waals surface area contributed by atoms with E-state index in [1.165, 1.54) is 6.92 Å². The largest absolute Gasteiger partial charge is 0.387 e. The van der Waals surface area contributed by atoms with Crippen LogP contribution in [0.4, 0.5) is 0 Å². The van der Waals surface area contributed by atoms with E-state index < -0.39 is 24.6 Å². The molecule has 0 spiro atoms. The number of aliphatic hydroxyl groups excluding tert-OH is 1. The van der Waals surface area contributed by atoms with Crippen LogP contribution >= 0.6 is 11.3 Å². The minimum absolute atomic E-state index is 0.0324. The summed E-state index contributed by atoms with van der Waals surface area (Å²) in [6, 6.07) is 14.8. The normalized spacial score (nSPS) is 17.7. The lowest BCUT2D eigenvalue weighted by Crippen LogP contribution is -2.51. The molecule has 4 amide bonds. The molecule has 6 heterocycles. The van der Waals surface area contributed by atoms with Gasteiger partial charge in [0.25, 0.3) is 0 Å². The van der Waals surface area contributed by atoms with Crippen LogP contribution in [0.15, 0.2) is 72.5 Å². The van der Waals surface area contributed by atoms with Crippen LogP contribution in [0.3, 0.4) is 0 Å². The lowest BCUT2D eigenvalue weighted by molar-refractivity contribution is -0.139. The first-order valence-corrected chi connectivity index (χ1v) is 21.8. The number of carbonyl (C=O) groups is 4. The summed E-state index contributed by atoms with van der Waals surface area (Å²) >= 11 is 1.58. The molecule has 2 saturated heterocycles. The Morgan fingerprint density at radius 2 is 1.25 bits per heavy atom. The molecule has 2 aliphatic rings. The van der Waals surface area contributed by atoms with Crippen LogP contribution in [0.25, 0.3) is 50.0 Å². The maximum absolute atomic E-state index is 13.6. The highest BCUT2D eigenvalue weighted by atomic mass is 32.1. The van der Waals surface area contributed by atoms with Crippen molar-refractivity contribution in [1.82, 2.24) is 49.8 Å². The molecule has 16 heteroatoms. The van der Waals surface area contributed by atoms with Crippen molar-refractivity contribution < 1.29 is 24.3 Å². The van der Waals surface area contributed by atoms with Crippen molar-refractivity contribution in [3.05, 3.63) is 84.2 Å². The molecule has 4 atom stereocenters. The van der Waals surface area contributed by atoms with Crippen LogP contribution < -0.4 is 10.6 Å². The Labute approximate surface area is 358 Å². The number of imidazole rings is 3. The topological polar surface area (TPSA) is 194 Å². The van der Waals surface area contributed by atoms with Gasteiger partial charge in [-0.05, 0) is 54.2 Å². The second kappa shape index (κ2) is 17.5. The second-order valence-corrected chi connectivity index (χ2v) is 17.5. The predicted octanol–water partition coefficient (Wildman–Crippen LogP) is 6.13. The Morgan fingerprint density at radius 1 is 0.754 bits per heavy atom. The van der Waals surface area contributed by atoms with E-state index in [1.807, 2.05) is 63.1 Å².